The zero-order valence-corrected chi connectivity index (χ0v) is 10.5. The first-order chi connectivity index (χ1) is 8.16. The van der Waals surface area contributed by atoms with Gasteiger partial charge in [-0.1, -0.05) is 11.3 Å². The Balaban J connectivity index is 1.82. The molecule has 2 unspecified atom stereocenters. The van der Waals surface area contributed by atoms with Gasteiger partial charge in [-0.25, -0.2) is 0 Å². The molecule has 1 aliphatic rings. The van der Waals surface area contributed by atoms with E-state index in [0.29, 0.717) is 18.5 Å². The Labute approximate surface area is 104 Å². The molecule has 0 spiro atoms. The second kappa shape index (κ2) is 5.57. The molecule has 1 saturated heterocycles. The van der Waals surface area contributed by atoms with E-state index in [2.05, 4.69) is 12.2 Å². The molecule has 17 heavy (non-hydrogen) atoms. The lowest BCUT2D eigenvalue weighted by atomic mass is 10.0. The largest absolute Gasteiger partial charge is 0.381 e. The third-order valence-electron chi connectivity index (χ3n) is 3.10. The van der Waals surface area contributed by atoms with Gasteiger partial charge in [-0.15, -0.1) is 0 Å². The van der Waals surface area contributed by atoms with Crippen LogP contribution in [0.25, 0.3) is 0 Å². The summed E-state index contributed by atoms with van der Waals surface area (Å²) in [7, 11) is 0. The van der Waals surface area contributed by atoms with Crippen LogP contribution in [0, 0.1) is 16.0 Å². The van der Waals surface area contributed by atoms with E-state index >= 15 is 0 Å². The molecule has 1 aromatic heterocycles. The molecule has 5 nitrogen and oxygen atoms in total. The first-order valence-corrected chi connectivity index (χ1v) is 6.52. The molecule has 2 heterocycles. The summed E-state index contributed by atoms with van der Waals surface area (Å²) in [6, 6.07) is 3.76. The molecule has 0 amide bonds. The van der Waals surface area contributed by atoms with Crippen molar-refractivity contribution in [3.63, 3.8) is 0 Å². The summed E-state index contributed by atoms with van der Waals surface area (Å²) in [4.78, 5) is 11.2. The van der Waals surface area contributed by atoms with Crippen LogP contribution in [0.3, 0.4) is 0 Å². The van der Waals surface area contributed by atoms with Crippen LogP contribution in [0.1, 0.15) is 18.2 Å². The lowest BCUT2D eigenvalue weighted by molar-refractivity contribution is -0.380. The zero-order chi connectivity index (χ0) is 12.3. The first kappa shape index (κ1) is 12.5. The normalized spacial score (nSPS) is 21.6. The molecule has 6 heteroatoms. The van der Waals surface area contributed by atoms with Crippen LogP contribution in [0.4, 0.5) is 5.00 Å². The Morgan fingerprint density at radius 1 is 1.71 bits per heavy atom. The smallest absolute Gasteiger partial charge is 0.324 e. The van der Waals surface area contributed by atoms with Gasteiger partial charge in [0.15, 0.2) is 0 Å². The van der Waals surface area contributed by atoms with Crippen molar-refractivity contribution in [2.24, 2.45) is 5.92 Å². The summed E-state index contributed by atoms with van der Waals surface area (Å²) < 4.78 is 5.34. The van der Waals surface area contributed by atoms with Crippen molar-refractivity contribution >= 4 is 16.3 Å². The van der Waals surface area contributed by atoms with E-state index in [1.807, 2.05) is 6.07 Å². The molecule has 1 aliphatic heterocycles. The van der Waals surface area contributed by atoms with Crippen molar-refractivity contribution in [2.75, 3.05) is 13.2 Å². The number of nitrogens with one attached hydrogen (secondary N) is 1. The van der Waals surface area contributed by atoms with Crippen molar-refractivity contribution in [2.45, 2.75) is 25.9 Å². The standard InChI is InChI=1S/C11H16N2O3S/c1-8(9-4-5-16-7-9)12-6-10-2-3-11(17-10)13(14)15/h2-3,8-9,12H,4-7H2,1H3. The Morgan fingerprint density at radius 3 is 3.12 bits per heavy atom. The molecule has 1 fully saturated rings. The van der Waals surface area contributed by atoms with Gasteiger partial charge >= 0.3 is 5.00 Å². The van der Waals surface area contributed by atoms with Crippen LogP contribution in [0.2, 0.25) is 0 Å². The van der Waals surface area contributed by atoms with E-state index in [4.69, 9.17) is 4.74 Å². The average molecular weight is 256 g/mol. The molecule has 0 bridgehead atoms. The third-order valence-corrected chi connectivity index (χ3v) is 4.13. The fraction of sp³-hybridized carbons (Fsp3) is 0.636. The molecule has 2 rings (SSSR count). The quantitative estimate of drug-likeness (QED) is 0.647. The highest BCUT2D eigenvalue weighted by molar-refractivity contribution is 7.15. The minimum Gasteiger partial charge on any atom is -0.381 e. The van der Waals surface area contributed by atoms with E-state index in [0.717, 1.165) is 24.5 Å². The summed E-state index contributed by atoms with van der Waals surface area (Å²) in [5.74, 6) is 0.560. The van der Waals surface area contributed by atoms with Gasteiger partial charge in [0.2, 0.25) is 0 Å². The minimum absolute atomic E-state index is 0.207. The van der Waals surface area contributed by atoms with Crippen molar-refractivity contribution in [1.82, 2.24) is 5.32 Å². The molecule has 2 atom stereocenters. The van der Waals surface area contributed by atoms with Crippen LogP contribution >= 0.6 is 11.3 Å². The van der Waals surface area contributed by atoms with Gasteiger partial charge in [-0.05, 0) is 25.3 Å². The third kappa shape index (κ3) is 3.24. The Bertz CT molecular complexity index is 388. The number of nitrogens with zero attached hydrogens (tertiary/aromatic N) is 1. The van der Waals surface area contributed by atoms with Crippen LogP contribution in [0.5, 0.6) is 0 Å². The molecule has 1 N–H and O–H groups in total. The lowest BCUT2D eigenvalue weighted by Crippen LogP contribution is -2.33. The second-order valence-corrected chi connectivity index (χ2v) is 5.44. The molecule has 0 aromatic carbocycles. The van der Waals surface area contributed by atoms with Gasteiger partial charge in [-0.2, -0.15) is 0 Å². The fourth-order valence-electron chi connectivity index (χ4n) is 1.94. The van der Waals surface area contributed by atoms with Crippen molar-refractivity contribution in [1.29, 1.82) is 0 Å². The number of nitro groups is 1. The van der Waals surface area contributed by atoms with Crippen LogP contribution in [-0.2, 0) is 11.3 Å². The van der Waals surface area contributed by atoms with Crippen molar-refractivity contribution in [3.05, 3.63) is 27.1 Å². The lowest BCUT2D eigenvalue weighted by Gasteiger charge is -2.18. The highest BCUT2D eigenvalue weighted by Gasteiger charge is 2.22. The first-order valence-electron chi connectivity index (χ1n) is 5.71. The summed E-state index contributed by atoms with van der Waals surface area (Å²) in [5.41, 5.74) is 0. The summed E-state index contributed by atoms with van der Waals surface area (Å²) in [5, 5.41) is 14.1. The maximum atomic E-state index is 10.5. The van der Waals surface area contributed by atoms with Gasteiger partial charge in [0.1, 0.15) is 0 Å². The second-order valence-electron chi connectivity index (χ2n) is 4.29. The topological polar surface area (TPSA) is 64.4 Å². The minimum atomic E-state index is -0.345. The van der Waals surface area contributed by atoms with Gasteiger partial charge < -0.3 is 10.1 Å². The monoisotopic (exact) mass is 256 g/mol. The molecule has 0 aliphatic carbocycles. The highest BCUT2D eigenvalue weighted by atomic mass is 32.1. The van der Waals surface area contributed by atoms with E-state index in [-0.39, 0.29) is 9.92 Å². The highest BCUT2D eigenvalue weighted by Crippen LogP contribution is 2.24. The van der Waals surface area contributed by atoms with Crippen LogP contribution in [-0.4, -0.2) is 24.2 Å². The van der Waals surface area contributed by atoms with Gasteiger partial charge in [0.05, 0.1) is 11.5 Å². The maximum Gasteiger partial charge on any atom is 0.324 e. The van der Waals surface area contributed by atoms with Crippen LogP contribution in [0.15, 0.2) is 12.1 Å². The number of hydrogen-bond donors (Lipinski definition) is 1. The van der Waals surface area contributed by atoms with Gasteiger partial charge in [0.25, 0.3) is 0 Å². The summed E-state index contributed by atoms with van der Waals surface area (Å²) in [6.07, 6.45) is 1.10. The Morgan fingerprint density at radius 2 is 2.53 bits per heavy atom. The number of hydrogen-bond acceptors (Lipinski definition) is 5. The average Bonchev–Trinajstić information content (AvgIpc) is 2.97. The van der Waals surface area contributed by atoms with Crippen molar-refractivity contribution in [3.8, 4) is 0 Å². The van der Waals surface area contributed by atoms with E-state index in [1.54, 1.807) is 6.07 Å². The predicted molar refractivity (Wildman–Crippen MR) is 66.2 cm³/mol. The molecule has 94 valence electrons. The molecule has 0 saturated carbocycles. The van der Waals surface area contributed by atoms with Crippen molar-refractivity contribution < 1.29 is 9.66 Å². The van der Waals surface area contributed by atoms with E-state index in [1.165, 1.54) is 11.3 Å². The predicted octanol–water partition coefficient (Wildman–Crippen LogP) is 2.17. The molecule has 1 aromatic rings. The molecule has 0 radical (unpaired) electrons. The summed E-state index contributed by atoms with van der Waals surface area (Å²) >= 11 is 1.23. The Hall–Kier alpha value is -0.980. The van der Waals surface area contributed by atoms with Gasteiger partial charge in [-0.3, -0.25) is 10.1 Å². The Kier molecular flexibility index (Phi) is 4.09. The number of rotatable bonds is 5. The van der Waals surface area contributed by atoms with Crippen LogP contribution < -0.4 is 5.32 Å². The molecular weight excluding hydrogens is 240 g/mol. The number of thiophene rings is 1. The summed E-state index contributed by atoms with van der Waals surface area (Å²) in [6.45, 7) is 4.50. The maximum absolute atomic E-state index is 10.5. The zero-order valence-electron chi connectivity index (χ0n) is 9.72. The fourth-order valence-corrected chi connectivity index (χ4v) is 2.71. The van der Waals surface area contributed by atoms with Gasteiger partial charge in [0, 0.05) is 30.1 Å². The van der Waals surface area contributed by atoms with E-state index < -0.39 is 0 Å². The molecular formula is C11H16N2O3S. The SMILES string of the molecule is CC(NCc1ccc([N+](=O)[O-])s1)C1CCOC1. The van der Waals surface area contributed by atoms with E-state index in [9.17, 15) is 10.1 Å². The number of ether oxygens (including phenoxy) is 1.